The van der Waals surface area contributed by atoms with Gasteiger partial charge in [-0.05, 0) is 18.2 Å². The number of ether oxygens (including phenoxy) is 1. The van der Waals surface area contributed by atoms with Crippen LogP contribution in [0.25, 0.3) is 0 Å². The normalized spacial score (nSPS) is 17.7. The lowest BCUT2D eigenvalue weighted by Gasteiger charge is -2.12. The summed E-state index contributed by atoms with van der Waals surface area (Å²) in [5.74, 6) is -1.46. The number of nitrogens with one attached hydrogen (secondary N) is 2. The number of aromatic nitrogens is 1. The topological polar surface area (TPSA) is 113 Å². The van der Waals surface area contributed by atoms with E-state index in [4.69, 9.17) is 10.00 Å². The molecule has 2 heterocycles. The van der Waals surface area contributed by atoms with Gasteiger partial charge in [-0.15, -0.1) is 6.58 Å². The fourth-order valence-corrected chi connectivity index (χ4v) is 4.02. The van der Waals surface area contributed by atoms with Crippen LogP contribution in [-0.4, -0.2) is 31.5 Å². The molecule has 0 fully saturated rings. The number of carbonyl (C=O) groups excluding carboxylic acids is 1. The number of sulfonamides is 1. The molecule has 1 aromatic carbocycles. The minimum absolute atomic E-state index is 0.0251. The number of fused-ring (bicyclic) bond motifs is 1. The number of amides is 1. The Morgan fingerprint density at radius 1 is 1.56 bits per heavy atom. The van der Waals surface area contributed by atoms with Crippen molar-refractivity contribution in [2.45, 2.75) is 10.9 Å². The van der Waals surface area contributed by atoms with Crippen molar-refractivity contribution < 1.29 is 22.3 Å². The van der Waals surface area contributed by atoms with E-state index in [1.807, 2.05) is 0 Å². The Balaban J connectivity index is 1.99. The zero-order valence-electron chi connectivity index (χ0n) is 14.2. The predicted molar refractivity (Wildman–Crippen MR) is 94.3 cm³/mol. The quantitative estimate of drug-likeness (QED) is 0.772. The second kappa shape index (κ2) is 6.86. The summed E-state index contributed by atoms with van der Waals surface area (Å²) in [6, 6.07) is 4.57. The Labute approximate surface area is 154 Å². The highest BCUT2D eigenvalue weighted by Gasteiger charge is 2.33. The van der Waals surface area contributed by atoms with Gasteiger partial charge in [-0.3, -0.25) is 4.79 Å². The van der Waals surface area contributed by atoms with E-state index in [0.717, 1.165) is 6.07 Å². The summed E-state index contributed by atoms with van der Waals surface area (Å²) < 4.78 is 47.7. The maximum absolute atomic E-state index is 13.4. The molecular weight excluding hydrogens is 375 g/mol. The molecule has 1 amide bonds. The molecule has 1 aliphatic heterocycles. The van der Waals surface area contributed by atoms with E-state index < -0.39 is 27.8 Å². The number of hydrogen-bond donors (Lipinski definition) is 2. The van der Waals surface area contributed by atoms with E-state index in [2.05, 4.69) is 16.6 Å². The van der Waals surface area contributed by atoms with Crippen LogP contribution in [0.4, 0.5) is 10.1 Å². The summed E-state index contributed by atoms with van der Waals surface area (Å²) in [7, 11) is -2.41. The van der Waals surface area contributed by atoms with E-state index >= 15 is 0 Å². The zero-order chi connectivity index (χ0) is 19.8. The van der Waals surface area contributed by atoms with Crippen LogP contribution in [0.15, 0.2) is 41.9 Å². The van der Waals surface area contributed by atoms with E-state index in [1.165, 1.54) is 36.0 Å². The van der Waals surface area contributed by atoms with Gasteiger partial charge in [-0.1, -0.05) is 6.08 Å². The third-order valence-corrected chi connectivity index (χ3v) is 5.43. The van der Waals surface area contributed by atoms with Gasteiger partial charge < -0.3 is 14.6 Å². The number of aryl methyl sites for hydroxylation is 1. The Bertz CT molecular complexity index is 1090. The van der Waals surface area contributed by atoms with Crippen molar-refractivity contribution >= 4 is 21.6 Å². The van der Waals surface area contributed by atoms with Gasteiger partial charge in [0.25, 0.3) is 5.91 Å². The molecule has 2 N–H and O–H groups in total. The van der Waals surface area contributed by atoms with Crippen LogP contribution in [0.5, 0.6) is 5.75 Å². The fraction of sp³-hybridized carbons (Fsp3) is 0.176. The van der Waals surface area contributed by atoms with E-state index in [1.54, 1.807) is 6.07 Å². The highest BCUT2D eigenvalue weighted by molar-refractivity contribution is 7.89. The first-order valence-electron chi connectivity index (χ1n) is 7.75. The van der Waals surface area contributed by atoms with Crippen molar-refractivity contribution in [2.75, 3.05) is 11.9 Å². The van der Waals surface area contributed by atoms with Crippen molar-refractivity contribution in [3.8, 4) is 11.8 Å². The Morgan fingerprint density at radius 2 is 2.30 bits per heavy atom. The monoisotopic (exact) mass is 390 g/mol. The van der Waals surface area contributed by atoms with Gasteiger partial charge in [0.05, 0.1) is 11.6 Å². The van der Waals surface area contributed by atoms with Gasteiger partial charge in [0, 0.05) is 18.9 Å². The Hall–Kier alpha value is -3.16. The maximum Gasteiger partial charge on any atom is 0.276 e. The largest absolute Gasteiger partial charge is 0.488 e. The predicted octanol–water partition coefficient (Wildman–Crippen LogP) is 1.51. The van der Waals surface area contributed by atoms with Gasteiger partial charge >= 0.3 is 0 Å². The fourth-order valence-electron chi connectivity index (χ4n) is 2.64. The highest BCUT2D eigenvalue weighted by atomic mass is 32.2. The summed E-state index contributed by atoms with van der Waals surface area (Å²) in [6.07, 6.45) is 2.66. The molecule has 0 unspecified atom stereocenters. The number of rotatable bonds is 3. The summed E-state index contributed by atoms with van der Waals surface area (Å²) >= 11 is 0. The lowest BCUT2D eigenvalue weighted by atomic mass is 10.2. The maximum atomic E-state index is 13.4. The second-order valence-electron chi connectivity index (χ2n) is 5.82. The molecule has 8 nitrogen and oxygen atoms in total. The van der Waals surface area contributed by atoms with Gasteiger partial charge in [0.1, 0.15) is 23.4 Å². The molecule has 0 aliphatic carbocycles. The molecule has 1 aliphatic rings. The molecule has 10 heteroatoms. The summed E-state index contributed by atoms with van der Waals surface area (Å²) in [5, 5.41) is 11.4. The lowest BCUT2D eigenvalue weighted by Crippen LogP contribution is -2.35. The number of benzene rings is 1. The van der Waals surface area contributed by atoms with Crippen LogP contribution >= 0.6 is 0 Å². The Kier molecular flexibility index (Phi) is 4.73. The van der Waals surface area contributed by atoms with Gasteiger partial charge in [-0.25, -0.2) is 17.5 Å². The van der Waals surface area contributed by atoms with Crippen molar-refractivity contribution in [1.82, 2.24) is 9.29 Å². The average molecular weight is 390 g/mol. The minimum Gasteiger partial charge on any atom is -0.488 e. The van der Waals surface area contributed by atoms with E-state index in [9.17, 15) is 17.6 Å². The molecule has 2 aromatic rings. The first-order chi connectivity index (χ1) is 12.8. The van der Waals surface area contributed by atoms with Crippen LogP contribution in [-0.2, 0) is 17.1 Å². The number of nitrogens with zero attached hydrogens (tertiary/aromatic N) is 2. The average Bonchev–Trinajstić information content (AvgIpc) is 2.91. The SMILES string of the molecule is C=C[C@H]1COc2c(cn(C)c2C(=O)Nc2ccc(F)c(C#N)c2)S(=O)(=O)N1. The van der Waals surface area contributed by atoms with Crippen LogP contribution in [0.1, 0.15) is 16.1 Å². The highest BCUT2D eigenvalue weighted by Crippen LogP contribution is 2.32. The molecule has 0 spiro atoms. The van der Waals surface area contributed by atoms with Gasteiger partial charge in [0.2, 0.25) is 10.0 Å². The van der Waals surface area contributed by atoms with E-state index in [0.29, 0.717) is 0 Å². The summed E-state index contributed by atoms with van der Waals surface area (Å²) in [6.45, 7) is 3.51. The van der Waals surface area contributed by atoms with Crippen molar-refractivity contribution in [2.24, 2.45) is 7.05 Å². The molecule has 27 heavy (non-hydrogen) atoms. The smallest absolute Gasteiger partial charge is 0.276 e. The second-order valence-corrected chi connectivity index (χ2v) is 7.50. The number of hydrogen-bond acceptors (Lipinski definition) is 5. The number of halogens is 1. The molecular formula is C17H15FN4O4S. The molecule has 0 bridgehead atoms. The minimum atomic E-state index is -3.90. The van der Waals surface area contributed by atoms with Crippen LogP contribution in [0, 0.1) is 17.1 Å². The molecule has 140 valence electrons. The van der Waals surface area contributed by atoms with Crippen molar-refractivity contribution in [1.29, 1.82) is 5.26 Å². The molecule has 1 atom stereocenters. The molecule has 1 aromatic heterocycles. The molecule has 3 rings (SSSR count). The van der Waals surface area contributed by atoms with Crippen LogP contribution in [0.3, 0.4) is 0 Å². The Morgan fingerprint density at radius 3 is 2.96 bits per heavy atom. The first-order valence-corrected chi connectivity index (χ1v) is 9.23. The van der Waals surface area contributed by atoms with Crippen LogP contribution < -0.4 is 14.8 Å². The zero-order valence-corrected chi connectivity index (χ0v) is 15.0. The summed E-state index contributed by atoms with van der Waals surface area (Å²) in [4.78, 5) is 12.5. The standard InChI is InChI=1S/C17H15FN4O4S/c1-3-11-9-26-16-14(27(24,25)21-11)8-22(2)15(16)17(23)20-12-4-5-13(18)10(6-12)7-19/h3-6,8,11,21H,1,9H2,2H3,(H,20,23)/t11-/m0/s1. The summed E-state index contributed by atoms with van der Waals surface area (Å²) in [5.41, 5.74) is -0.0650. The van der Waals surface area contributed by atoms with Crippen molar-refractivity contribution in [3.63, 3.8) is 0 Å². The third kappa shape index (κ3) is 3.42. The molecule has 0 saturated carbocycles. The number of carbonyl (C=O) groups is 1. The lowest BCUT2D eigenvalue weighted by molar-refractivity contribution is 0.101. The van der Waals surface area contributed by atoms with Gasteiger partial charge in [-0.2, -0.15) is 5.26 Å². The van der Waals surface area contributed by atoms with Crippen molar-refractivity contribution in [3.05, 3.63) is 54.1 Å². The van der Waals surface area contributed by atoms with Crippen LogP contribution in [0.2, 0.25) is 0 Å². The number of nitriles is 1. The third-order valence-electron chi connectivity index (χ3n) is 3.95. The first kappa shape index (κ1) is 18.6. The molecule has 0 radical (unpaired) electrons. The number of anilines is 1. The van der Waals surface area contributed by atoms with E-state index in [-0.39, 0.29) is 34.2 Å². The van der Waals surface area contributed by atoms with Gasteiger partial charge in [0.15, 0.2) is 11.4 Å². The molecule has 0 saturated heterocycles.